The summed E-state index contributed by atoms with van der Waals surface area (Å²) >= 11 is 0. The SMILES string of the molecule is COc1ccc(N(c2ccccc2)c2ccc(C=Cc3cccc4c(C#N)c(C#N)c5ccccc5c34)cc2)cc1. The second-order valence-corrected chi connectivity index (χ2v) is 9.58. The predicted molar refractivity (Wildman–Crippen MR) is 167 cm³/mol. The van der Waals surface area contributed by atoms with Gasteiger partial charge >= 0.3 is 0 Å². The largest absolute Gasteiger partial charge is 0.497 e. The second kappa shape index (κ2) is 11.1. The molecule has 6 aromatic carbocycles. The fraction of sp³-hybridized carbons (Fsp3) is 0.0270. The van der Waals surface area contributed by atoms with Gasteiger partial charge in [-0.25, -0.2) is 0 Å². The van der Waals surface area contributed by atoms with Gasteiger partial charge in [0, 0.05) is 27.8 Å². The minimum absolute atomic E-state index is 0.417. The number of fused-ring (bicyclic) bond motifs is 3. The molecule has 0 heterocycles. The topological polar surface area (TPSA) is 60.0 Å². The Labute approximate surface area is 239 Å². The molecule has 0 saturated carbocycles. The molecule has 0 N–H and O–H groups in total. The van der Waals surface area contributed by atoms with Crippen molar-refractivity contribution in [2.45, 2.75) is 0 Å². The fourth-order valence-electron chi connectivity index (χ4n) is 5.31. The summed E-state index contributed by atoms with van der Waals surface area (Å²) in [6, 6.07) is 45.0. The van der Waals surface area contributed by atoms with Crippen LogP contribution in [0.25, 0.3) is 33.7 Å². The van der Waals surface area contributed by atoms with E-state index in [0.717, 1.165) is 55.5 Å². The number of ether oxygens (including phenoxy) is 1. The molecule has 0 fully saturated rings. The minimum atomic E-state index is 0.417. The highest BCUT2D eigenvalue weighted by atomic mass is 16.5. The standard InChI is InChI=1S/C37H25N3O/c1-41-31-22-20-30(21-23-31)40(28-9-3-2-4-10-28)29-18-15-26(16-19-29)14-17-27-8-7-13-34-36(25-39)35(24-38)32-11-5-6-12-33(32)37(27)34/h2-23H,1H3. The maximum absolute atomic E-state index is 9.94. The highest BCUT2D eigenvalue weighted by molar-refractivity contribution is 6.16. The Bertz CT molecular complexity index is 1980. The summed E-state index contributed by atoms with van der Waals surface area (Å²) < 4.78 is 5.36. The van der Waals surface area contributed by atoms with Gasteiger partial charge in [0.05, 0.1) is 18.2 Å². The van der Waals surface area contributed by atoms with Crippen LogP contribution >= 0.6 is 0 Å². The van der Waals surface area contributed by atoms with Crippen molar-refractivity contribution in [1.82, 2.24) is 0 Å². The van der Waals surface area contributed by atoms with Crippen LogP contribution in [0.2, 0.25) is 0 Å². The number of hydrogen-bond donors (Lipinski definition) is 0. The lowest BCUT2D eigenvalue weighted by Crippen LogP contribution is -2.09. The van der Waals surface area contributed by atoms with Gasteiger partial charge in [0.1, 0.15) is 17.9 Å². The van der Waals surface area contributed by atoms with Crippen molar-refractivity contribution < 1.29 is 4.74 Å². The van der Waals surface area contributed by atoms with Crippen LogP contribution in [0.5, 0.6) is 5.75 Å². The number of para-hydroxylation sites is 1. The number of rotatable bonds is 6. The van der Waals surface area contributed by atoms with E-state index in [2.05, 4.69) is 77.7 Å². The van der Waals surface area contributed by atoms with Gasteiger partial charge in [0.15, 0.2) is 0 Å². The van der Waals surface area contributed by atoms with E-state index in [1.165, 1.54) is 0 Å². The number of anilines is 3. The monoisotopic (exact) mass is 527 g/mol. The first-order chi connectivity index (χ1) is 20.2. The van der Waals surface area contributed by atoms with Crippen LogP contribution in [0.1, 0.15) is 22.3 Å². The van der Waals surface area contributed by atoms with Gasteiger partial charge in [-0.05, 0) is 70.4 Å². The summed E-state index contributed by atoms with van der Waals surface area (Å²) in [5.74, 6) is 0.814. The fourth-order valence-corrected chi connectivity index (χ4v) is 5.31. The van der Waals surface area contributed by atoms with Gasteiger partial charge < -0.3 is 9.64 Å². The average molecular weight is 528 g/mol. The van der Waals surface area contributed by atoms with Crippen molar-refractivity contribution in [2.24, 2.45) is 0 Å². The summed E-state index contributed by atoms with van der Waals surface area (Å²) in [6.07, 6.45) is 4.16. The highest BCUT2D eigenvalue weighted by Crippen LogP contribution is 2.37. The van der Waals surface area contributed by atoms with Crippen molar-refractivity contribution in [1.29, 1.82) is 10.5 Å². The van der Waals surface area contributed by atoms with E-state index >= 15 is 0 Å². The molecule has 6 rings (SSSR count). The lowest BCUT2D eigenvalue weighted by atomic mass is 9.90. The van der Waals surface area contributed by atoms with Crippen molar-refractivity contribution in [2.75, 3.05) is 12.0 Å². The Morgan fingerprint density at radius 3 is 1.78 bits per heavy atom. The molecule has 0 saturated heterocycles. The van der Waals surface area contributed by atoms with E-state index < -0.39 is 0 Å². The van der Waals surface area contributed by atoms with Gasteiger partial charge in [-0.15, -0.1) is 0 Å². The lowest BCUT2D eigenvalue weighted by molar-refractivity contribution is 0.415. The van der Waals surface area contributed by atoms with E-state index in [-0.39, 0.29) is 0 Å². The molecule has 0 aliphatic carbocycles. The van der Waals surface area contributed by atoms with Crippen LogP contribution in [0.3, 0.4) is 0 Å². The first-order valence-electron chi connectivity index (χ1n) is 13.3. The summed E-state index contributed by atoms with van der Waals surface area (Å²) in [7, 11) is 1.67. The summed E-state index contributed by atoms with van der Waals surface area (Å²) in [6.45, 7) is 0. The third-order valence-electron chi connectivity index (χ3n) is 7.26. The summed E-state index contributed by atoms with van der Waals surface area (Å²) in [4.78, 5) is 2.21. The Morgan fingerprint density at radius 2 is 1.12 bits per heavy atom. The molecule has 4 heteroatoms. The molecule has 0 aliphatic rings. The zero-order valence-corrected chi connectivity index (χ0v) is 22.5. The number of benzene rings is 6. The van der Waals surface area contributed by atoms with Gasteiger partial charge in [-0.1, -0.05) is 84.9 Å². The minimum Gasteiger partial charge on any atom is -0.497 e. The third-order valence-corrected chi connectivity index (χ3v) is 7.26. The Balaban J connectivity index is 1.39. The molecule has 194 valence electrons. The van der Waals surface area contributed by atoms with Crippen molar-refractivity contribution in [3.8, 4) is 17.9 Å². The van der Waals surface area contributed by atoms with Gasteiger partial charge in [-0.2, -0.15) is 10.5 Å². The smallest absolute Gasteiger partial charge is 0.119 e. The van der Waals surface area contributed by atoms with Crippen molar-refractivity contribution in [3.05, 3.63) is 144 Å². The van der Waals surface area contributed by atoms with Crippen molar-refractivity contribution >= 4 is 50.8 Å². The molecule has 0 amide bonds. The molecule has 4 nitrogen and oxygen atoms in total. The molecule has 0 spiro atoms. The van der Waals surface area contributed by atoms with Gasteiger partial charge in [0.2, 0.25) is 0 Å². The number of nitrogens with zero attached hydrogens (tertiary/aromatic N) is 3. The maximum atomic E-state index is 9.94. The predicted octanol–water partition coefficient (Wildman–Crippen LogP) is 9.39. The molecule has 6 aromatic rings. The lowest BCUT2D eigenvalue weighted by Gasteiger charge is -2.25. The summed E-state index contributed by atoms with van der Waals surface area (Å²) in [5.41, 5.74) is 6.02. The molecule has 0 aliphatic heterocycles. The van der Waals surface area contributed by atoms with E-state index in [9.17, 15) is 10.5 Å². The van der Waals surface area contributed by atoms with Crippen LogP contribution in [0, 0.1) is 22.7 Å². The maximum Gasteiger partial charge on any atom is 0.119 e. The van der Waals surface area contributed by atoms with Crippen LogP contribution in [-0.4, -0.2) is 7.11 Å². The number of methoxy groups -OCH3 is 1. The quantitative estimate of drug-likeness (QED) is 0.160. The summed E-state index contributed by atoms with van der Waals surface area (Å²) in [5, 5.41) is 23.3. The van der Waals surface area contributed by atoms with E-state index in [0.29, 0.717) is 11.1 Å². The van der Waals surface area contributed by atoms with Crippen LogP contribution in [0.4, 0.5) is 17.1 Å². The highest BCUT2D eigenvalue weighted by Gasteiger charge is 2.16. The Morgan fingerprint density at radius 1 is 0.561 bits per heavy atom. The zero-order chi connectivity index (χ0) is 28.2. The van der Waals surface area contributed by atoms with E-state index in [4.69, 9.17) is 4.74 Å². The Hall–Kier alpha value is -5.84. The molecule has 0 bridgehead atoms. The molecule has 41 heavy (non-hydrogen) atoms. The number of nitriles is 2. The molecule has 0 aromatic heterocycles. The zero-order valence-electron chi connectivity index (χ0n) is 22.5. The Kier molecular flexibility index (Phi) is 6.89. The number of hydrogen-bond acceptors (Lipinski definition) is 4. The third kappa shape index (κ3) is 4.76. The first kappa shape index (κ1) is 25.4. The molecule has 0 unspecified atom stereocenters. The van der Waals surface area contributed by atoms with E-state index in [1.54, 1.807) is 7.11 Å². The van der Waals surface area contributed by atoms with E-state index in [1.807, 2.05) is 72.8 Å². The normalized spacial score (nSPS) is 10.9. The first-order valence-corrected chi connectivity index (χ1v) is 13.3. The van der Waals surface area contributed by atoms with Gasteiger partial charge in [0.25, 0.3) is 0 Å². The van der Waals surface area contributed by atoms with Crippen LogP contribution in [0.15, 0.2) is 121 Å². The molecular formula is C37H25N3O. The second-order valence-electron chi connectivity index (χ2n) is 9.58. The molecular weight excluding hydrogens is 502 g/mol. The molecule has 0 radical (unpaired) electrons. The van der Waals surface area contributed by atoms with Gasteiger partial charge in [-0.3, -0.25) is 0 Å². The van der Waals surface area contributed by atoms with Crippen LogP contribution in [-0.2, 0) is 0 Å². The molecule has 0 atom stereocenters. The van der Waals surface area contributed by atoms with Crippen LogP contribution < -0.4 is 9.64 Å². The average Bonchev–Trinajstić information content (AvgIpc) is 3.04. The van der Waals surface area contributed by atoms with Crippen molar-refractivity contribution in [3.63, 3.8) is 0 Å².